The van der Waals surface area contributed by atoms with Crippen LogP contribution in [0, 0.1) is 0 Å². The van der Waals surface area contributed by atoms with Crippen molar-refractivity contribution in [2.45, 2.75) is 38.8 Å². The van der Waals surface area contributed by atoms with E-state index in [0.29, 0.717) is 12.8 Å². The van der Waals surface area contributed by atoms with Crippen molar-refractivity contribution in [2.24, 2.45) is 0 Å². The lowest BCUT2D eigenvalue weighted by molar-refractivity contribution is -0.138. The van der Waals surface area contributed by atoms with Gasteiger partial charge in [0, 0.05) is 24.5 Å². The zero-order valence-electron chi connectivity index (χ0n) is 14.2. The number of hydrogen-bond acceptors (Lipinski definition) is 8. The molecule has 0 unspecified atom stereocenters. The maximum Gasteiger partial charge on any atom is 0.361 e. The maximum absolute atomic E-state index is 12.5. The second-order valence-corrected chi connectivity index (χ2v) is 8.21. The second kappa shape index (κ2) is 7.77. The largest absolute Gasteiger partial charge is 0.451 e. The number of nitrogens with zero attached hydrogens (tertiary/aromatic N) is 3. The quantitative estimate of drug-likeness (QED) is 0.694. The first-order chi connectivity index (χ1) is 11.7. The number of carbonyl (C=O) groups excluding carboxylic acids is 2. The number of nitrogen functional groups attached to an aromatic ring is 1. The first-order valence-electron chi connectivity index (χ1n) is 8.00. The third-order valence-corrected chi connectivity index (χ3v) is 5.95. The monoisotopic (exact) mass is 370 g/mol. The summed E-state index contributed by atoms with van der Waals surface area (Å²) < 4.78 is 28.4. The number of carbonyl (C=O) groups is 2. The third kappa shape index (κ3) is 4.65. The number of esters is 1. The highest BCUT2D eigenvalue weighted by atomic mass is 32.2. The Labute approximate surface area is 146 Å². The normalized spacial score (nSPS) is 20.0. The first-order valence-corrected chi connectivity index (χ1v) is 9.82. The van der Waals surface area contributed by atoms with Gasteiger partial charge in [-0.25, -0.2) is 23.2 Å². The van der Waals surface area contributed by atoms with Crippen LogP contribution >= 0.6 is 0 Å². The molecule has 1 aromatic heterocycles. The fourth-order valence-electron chi connectivity index (χ4n) is 2.78. The van der Waals surface area contributed by atoms with Gasteiger partial charge in [0.15, 0.2) is 28.0 Å². The molecule has 0 aromatic carbocycles. The van der Waals surface area contributed by atoms with E-state index in [1.807, 2.05) is 13.8 Å². The number of sulfone groups is 1. The number of aromatic nitrogens is 2. The van der Waals surface area contributed by atoms with E-state index in [1.165, 1.54) is 17.3 Å². The van der Waals surface area contributed by atoms with Crippen LogP contribution in [0.3, 0.4) is 0 Å². The van der Waals surface area contributed by atoms with Gasteiger partial charge in [0.1, 0.15) is 0 Å². The molecule has 1 aliphatic rings. The fourth-order valence-corrected chi connectivity index (χ4v) is 4.49. The second-order valence-electron chi connectivity index (χ2n) is 5.98. The lowest BCUT2D eigenvalue weighted by atomic mass is 10.1. The smallest absolute Gasteiger partial charge is 0.361 e. The van der Waals surface area contributed by atoms with Gasteiger partial charge in [-0.15, -0.1) is 0 Å². The lowest BCUT2D eigenvalue weighted by Gasteiger charge is -2.33. The Morgan fingerprint density at radius 1 is 1.40 bits per heavy atom. The van der Waals surface area contributed by atoms with Crippen LogP contribution in [0.25, 0.3) is 0 Å². The van der Waals surface area contributed by atoms with Crippen molar-refractivity contribution < 1.29 is 22.7 Å². The van der Waals surface area contributed by atoms with Crippen LogP contribution in [-0.2, 0) is 19.4 Å². The van der Waals surface area contributed by atoms with E-state index in [2.05, 4.69) is 9.97 Å². The molecule has 1 aromatic rings. The van der Waals surface area contributed by atoms with Gasteiger partial charge in [0.2, 0.25) is 0 Å². The Bertz CT molecular complexity index is 752. The summed E-state index contributed by atoms with van der Waals surface area (Å²) in [5, 5.41) is 0. The zero-order chi connectivity index (χ0) is 18.6. The van der Waals surface area contributed by atoms with Gasteiger partial charge < -0.3 is 15.4 Å². The number of hydrogen-bond donors (Lipinski definition) is 1. The Morgan fingerprint density at radius 2 is 2.08 bits per heavy atom. The molecule has 2 rings (SSSR count). The van der Waals surface area contributed by atoms with Gasteiger partial charge >= 0.3 is 5.97 Å². The average molecular weight is 370 g/mol. The van der Waals surface area contributed by atoms with Crippen LogP contribution in [0.5, 0.6) is 0 Å². The number of anilines is 1. The Balaban J connectivity index is 2.05. The van der Waals surface area contributed by atoms with Gasteiger partial charge in [0.25, 0.3) is 5.91 Å². The Kier molecular flexibility index (Phi) is 5.93. The van der Waals surface area contributed by atoms with Crippen LogP contribution in [0.2, 0.25) is 0 Å². The molecule has 0 bridgehead atoms. The summed E-state index contributed by atoms with van der Waals surface area (Å²) in [5.41, 5.74) is 5.39. The summed E-state index contributed by atoms with van der Waals surface area (Å²) >= 11 is 0. The molecule has 0 aliphatic carbocycles. The standard InChI is InChI=1S/C15H22N4O5S/c1-3-10(2)19(11-4-7-25(22,23)9-11)12(20)8-24-15(21)13-14(16)18-6-5-17-13/h5-6,10-11H,3-4,7-9H2,1-2H3,(H2,16,18)/t10-,11-/m0/s1. The number of amides is 1. The van der Waals surface area contributed by atoms with Crippen molar-refractivity contribution >= 4 is 27.5 Å². The summed E-state index contributed by atoms with van der Waals surface area (Å²) in [6.45, 7) is 3.24. The molecular formula is C15H22N4O5S. The summed E-state index contributed by atoms with van der Waals surface area (Å²) in [7, 11) is -3.13. The number of nitrogens with two attached hydrogens (primary N) is 1. The average Bonchev–Trinajstić information content (AvgIpc) is 2.92. The summed E-state index contributed by atoms with van der Waals surface area (Å²) in [5.74, 6) is -1.36. The van der Waals surface area contributed by atoms with Crippen molar-refractivity contribution in [3.8, 4) is 0 Å². The minimum Gasteiger partial charge on any atom is -0.451 e. The third-order valence-electron chi connectivity index (χ3n) is 4.20. The summed E-state index contributed by atoms with van der Waals surface area (Å²) in [6.07, 6.45) is 3.68. The highest BCUT2D eigenvalue weighted by Crippen LogP contribution is 2.21. The van der Waals surface area contributed by atoms with Gasteiger partial charge in [-0.2, -0.15) is 0 Å². The van der Waals surface area contributed by atoms with Gasteiger partial charge in [-0.05, 0) is 19.8 Å². The molecular weight excluding hydrogens is 348 g/mol. The predicted molar refractivity (Wildman–Crippen MR) is 90.4 cm³/mol. The lowest BCUT2D eigenvalue weighted by Crippen LogP contribution is -2.48. The van der Waals surface area contributed by atoms with E-state index >= 15 is 0 Å². The van der Waals surface area contributed by atoms with Crippen LogP contribution in [0.1, 0.15) is 37.2 Å². The van der Waals surface area contributed by atoms with E-state index < -0.39 is 34.4 Å². The molecule has 0 saturated carbocycles. The molecule has 0 spiro atoms. The SMILES string of the molecule is CC[C@H](C)N(C(=O)COC(=O)c1nccnc1N)[C@H]1CCS(=O)(=O)C1. The molecule has 0 radical (unpaired) electrons. The van der Waals surface area contributed by atoms with Crippen LogP contribution in [0.4, 0.5) is 5.82 Å². The van der Waals surface area contributed by atoms with E-state index in [-0.39, 0.29) is 29.1 Å². The minimum absolute atomic E-state index is 0.0614. The molecule has 2 atom stereocenters. The van der Waals surface area contributed by atoms with Crippen molar-refractivity contribution in [1.29, 1.82) is 0 Å². The van der Waals surface area contributed by atoms with E-state index in [0.717, 1.165) is 0 Å². The molecule has 1 amide bonds. The first kappa shape index (κ1) is 19.1. The molecule has 1 saturated heterocycles. The van der Waals surface area contributed by atoms with Crippen LogP contribution in [-0.4, -0.2) is 65.4 Å². The molecule has 2 N–H and O–H groups in total. The van der Waals surface area contributed by atoms with Gasteiger partial charge in [-0.3, -0.25) is 4.79 Å². The molecule has 9 nitrogen and oxygen atoms in total. The Morgan fingerprint density at radius 3 is 2.64 bits per heavy atom. The number of ether oxygens (including phenoxy) is 1. The predicted octanol–water partition coefficient (Wildman–Crippen LogP) is 0.0298. The molecule has 10 heteroatoms. The molecule has 2 heterocycles. The van der Waals surface area contributed by atoms with Crippen LogP contribution in [0.15, 0.2) is 12.4 Å². The topological polar surface area (TPSA) is 133 Å². The van der Waals surface area contributed by atoms with E-state index in [9.17, 15) is 18.0 Å². The van der Waals surface area contributed by atoms with Crippen molar-refractivity contribution in [3.63, 3.8) is 0 Å². The summed E-state index contributed by atoms with van der Waals surface area (Å²) in [4.78, 5) is 33.6. The zero-order valence-corrected chi connectivity index (χ0v) is 15.0. The van der Waals surface area contributed by atoms with Gasteiger partial charge in [-0.1, -0.05) is 6.92 Å². The van der Waals surface area contributed by atoms with E-state index in [4.69, 9.17) is 10.5 Å². The molecule has 25 heavy (non-hydrogen) atoms. The number of rotatable bonds is 6. The van der Waals surface area contributed by atoms with Crippen molar-refractivity contribution in [2.75, 3.05) is 23.8 Å². The van der Waals surface area contributed by atoms with Crippen molar-refractivity contribution in [3.05, 3.63) is 18.1 Å². The minimum atomic E-state index is -3.13. The highest BCUT2D eigenvalue weighted by molar-refractivity contribution is 7.91. The van der Waals surface area contributed by atoms with E-state index in [1.54, 1.807) is 0 Å². The fraction of sp³-hybridized carbons (Fsp3) is 0.600. The van der Waals surface area contributed by atoms with Crippen LogP contribution < -0.4 is 5.73 Å². The molecule has 1 aliphatic heterocycles. The maximum atomic E-state index is 12.5. The molecule has 1 fully saturated rings. The molecule has 138 valence electrons. The Hall–Kier alpha value is -2.23. The van der Waals surface area contributed by atoms with Gasteiger partial charge in [0.05, 0.1) is 11.5 Å². The highest BCUT2D eigenvalue weighted by Gasteiger charge is 2.36. The summed E-state index contributed by atoms with van der Waals surface area (Å²) in [6, 6.07) is -0.557. The van der Waals surface area contributed by atoms with Crippen molar-refractivity contribution in [1.82, 2.24) is 14.9 Å².